The molecule has 0 aliphatic rings. The third-order valence-corrected chi connectivity index (χ3v) is 1.68. The number of benzene rings is 1. The fraction of sp³-hybridized carbons (Fsp3) is 0.125. The van der Waals surface area contributed by atoms with Crippen LogP contribution in [0.1, 0.15) is 11.1 Å². The Hall–Kier alpha value is -1.62. The maximum Gasteiger partial charge on any atom is 0.173 e. The monoisotopic (exact) mass is 183 g/mol. The summed E-state index contributed by atoms with van der Waals surface area (Å²) in [7, 11) is 0. The molecule has 0 bridgehead atoms. The van der Waals surface area contributed by atoms with Crippen molar-refractivity contribution >= 4 is 5.84 Å². The predicted octanol–water partition coefficient (Wildman–Crippen LogP) is 0.379. The zero-order chi connectivity index (χ0) is 9.84. The van der Waals surface area contributed by atoms with Gasteiger partial charge in [0.15, 0.2) is 5.84 Å². The van der Waals surface area contributed by atoms with E-state index in [9.17, 15) is 4.39 Å². The fourth-order valence-corrected chi connectivity index (χ4v) is 0.989. The quantitative estimate of drug-likeness (QED) is 0.268. The Kier molecular flexibility index (Phi) is 2.81. The normalized spacial score (nSPS) is 11.7. The topological polar surface area (TPSA) is 84.6 Å². The standard InChI is InChI=1S/C8H10FN3O/c9-7-5(4-10)2-1-3-6(7)8(11)12-13/h1-3,13H,4,10H2,(H2,11,12). The van der Waals surface area contributed by atoms with E-state index in [1.807, 2.05) is 0 Å². The molecular formula is C8H10FN3O. The van der Waals surface area contributed by atoms with Crippen LogP contribution in [0, 0.1) is 5.82 Å². The van der Waals surface area contributed by atoms with Crippen LogP contribution in [0.2, 0.25) is 0 Å². The van der Waals surface area contributed by atoms with Gasteiger partial charge in [-0.25, -0.2) is 4.39 Å². The Morgan fingerprint density at radius 1 is 1.54 bits per heavy atom. The second kappa shape index (κ2) is 3.86. The van der Waals surface area contributed by atoms with E-state index in [1.165, 1.54) is 6.07 Å². The zero-order valence-electron chi connectivity index (χ0n) is 6.87. The third-order valence-electron chi connectivity index (χ3n) is 1.68. The smallest absolute Gasteiger partial charge is 0.173 e. The van der Waals surface area contributed by atoms with Crippen LogP contribution < -0.4 is 11.5 Å². The first-order valence-corrected chi connectivity index (χ1v) is 3.66. The van der Waals surface area contributed by atoms with Gasteiger partial charge < -0.3 is 16.7 Å². The van der Waals surface area contributed by atoms with Crippen molar-refractivity contribution in [3.8, 4) is 0 Å². The molecule has 0 heterocycles. The molecule has 1 rings (SSSR count). The van der Waals surface area contributed by atoms with Crippen molar-refractivity contribution in [2.75, 3.05) is 0 Å². The highest BCUT2D eigenvalue weighted by Gasteiger charge is 2.09. The molecule has 0 atom stereocenters. The Balaban J connectivity index is 3.23. The summed E-state index contributed by atoms with van der Waals surface area (Å²) in [6, 6.07) is 4.56. The molecule has 70 valence electrons. The molecule has 0 aliphatic carbocycles. The van der Waals surface area contributed by atoms with Crippen molar-refractivity contribution in [2.45, 2.75) is 6.54 Å². The summed E-state index contributed by atoms with van der Waals surface area (Å²) in [6.07, 6.45) is 0. The van der Waals surface area contributed by atoms with Gasteiger partial charge >= 0.3 is 0 Å². The number of nitrogens with zero attached hydrogens (tertiary/aromatic N) is 1. The summed E-state index contributed by atoms with van der Waals surface area (Å²) >= 11 is 0. The van der Waals surface area contributed by atoms with Crippen LogP contribution in [0.5, 0.6) is 0 Å². The Labute approximate surface area is 74.7 Å². The Morgan fingerprint density at radius 3 is 2.77 bits per heavy atom. The second-order valence-electron chi connectivity index (χ2n) is 2.47. The van der Waals surface area contributed by atoms with Crippen molar-refractivity contribution in [1.82, 2.24) is 0 Å². The molecule has 0 saturated carbocycles. The van der Waals surface area contributed by atoms with Crippen molar-refractivity contribution < 1.29 is 9.60 Å². The highest BCUT2D eigenvalue weighted by Crippen LogP contribution is 2.11. The zero-order valence-corrected chi connectivity index (χ0v) is 6.87. The molecule has 13 heavy (non-hydrogen) atoms. The van der Waals surface area contributed by atoms with Gasteiger partial charge in [0.1, 0.15) is 5.82 Å². The van der Waals surface area contributed by atoms with Gasteiger partial charge in [0.2, 0.25) is 0 Å². The number of amidine groups is 1. The summed E-state index contributed by atoms with van der Waals surface area (Å²) in [5, 5.41) is 11.0. The molecule has 0 aromatic heterocycles. The maximum atomic E-state index is 13.4. The fourth-order valence-electron chi connectivity index (χ4n) is 0.989. The second-order valence-corrected chi connectivity index (χ2v) is 2.47. The number of halogens is 1. The minimum absolute atomic E-state index is 0.0606. The van der Waals surface area contributed by atoms with Crippen LogP contribution >= 0.6 is 0 Å². The highest BCUT2D eigenvalue weighted by atomic mass is 19.1. The molecule has 0 fully saturated rings. The van der Waals surface area contributed by atoms with Crippen LogP contribution in [0.15, 0.2) is 23.4 Å². The minimum Gasteiger partial charge on any atom is -0.409 e. The number of oxime groups is 1. The number of hydrogen-bond acceptors (Lipinski definition) is 3. The van der Waals surface area contributed by atoms with E-state index < -0.39 is 5.82 Å². The van der Waals surface area contributed by atoms with E-state index in [4.69, 9.17) is 16.7 Å². The van der Waals surface area contributed by atoms with E-state index >= 15 is 0 Å². The molecule has 5 heteroatoms. The van der Waals surface area contributed by atoms with Gasteiger partial charge in [-0.3, -0.25) is 0 Å². The lowest BCUT2D eigenvalue weighted by Crippen LogP contribution is -2.16. The van der Waals surface area contributed by atoms with Crippen LogP contribution in [-0.2, 0) is 6.54 Å². The van der Waals surface area contributed by atoms with E-state index in [0.717, 1.165) is 0 Å². The van der Waals surface area contributed by atoms with Gasteiger partial charge in [0, 0.05) is 12.1 Å². The SMILES string of the molecule is NCc1cccc(/C(N)=N/O)c1F. The summed E-state index contributed by atoms with van der Waals surface area (Å²) in [4.78, 5) is 0. The van der Waals surface area contributed by atoms with Gasteiger partial charge in [-0.1, -0.05) is 17.3 Å². The van der Waals surface area contributed by atoms with E-state index in [0.29, 0.717) is 5.56 Å². The lowest BCUT2D eigenvalue weighted by molar-refractivity contribution is 0.318. The van der Waals surface area contributed by atoms with Crippen molar-refractivity contribution in [3.63, 3.8) is 0 Å². The largest absolute Gasteiger partial charge is 0.409 e. The van der Waals surface area contributed by atoms with E-state index in [1.54, 1.807) is 12.1 Å². The van der Waals surface area contributed by atoms with Crippen molar-refractivity contribution in [2.24, 2.45) is 16.6 Å². The molecule has 0 aliphatic heterocycles. The van der Waals surface area contributed by atoms with E-state index in [2.05, 4.69) is 5.16 Å². The molecule has 0 amide bonds. The van der Waals surface area contributed by atoms with Gasteiger partial charge in [-0.2, -0.15) is 0 Å². The summed E-state index contributed by atoms with van der Waals surface area (Å²) in [6.45, 7) is 0.0817. The van der Waals surface area contributed by atoms with Gasteiger partial charge in [0.05, 0.1) is 5.56 Å². The summed E-state index contributed by atoms with van der Waals surface area (Å²) in [5.74, 6) is -0.798. The molecule has 1 aromatic carbocycles. The highest BCUT2D eigenvalue weighted by molar-refractivity contribution is 5.97. The summed E-state index contributed by atoms with van der Waals surface area (Å²) < 4.78 is 13.4. The Bertz CT molecular complexity index is 338. The predicted molar refractivity (Wildman–Crippen MR) is 46.8 cm³/mol. The molecule has 0 spiro atoms. The molecule has 0 saturated heterocycles. The van der Waals surface area contributed by atoms with Crippen LogP contribution in [0.3, 0.4) is 0 Å². The maximum absolute atomic E-state index is 13.4. The Morgan fingerprint density at radius 2 is 2.23 bits per heavy atom. The number of nitrogens with two attached hydrogens (primary N) is 2. The molecule has 5 N–H and O–H groups in total. The molecular weight excluding hydrogens is 173 g/mol. The molecule has 0 radical (unpaired) electrons. The lowest BCUT2D eigenvalue weighted by atomic mass is 10.1. The summed E-state index contributed by atoms with van der Waals surface area (Å²) in [5.41, 5.74) is 10.9. The number of rotatable bonds is 2. The van der Waals surface area contributed by atoms with Crippen molar-refractivity contribution in [1.29, 1.82) is 0 Å². The van der Waals surface area contributed by atoms with Crippen LogP contribution in [0.4, 0.5) is 4.39 Å². The van der Waals surface area contributed by atoms with Gasteiger partial charge in [0.25, 0.3) is 0 Å². The average molecular weight is 183 g/mol. The van der Waals surface area contributed by atoms with Gasteiger partial charge in [-0.15, -0.1) is 0 Å². The molecule has 1 aromatic rings. The number of hydrogen-bond donors (Lipinski definition) is 3. The average Bonchev–Trinajstić information content (AvgIpc) is 2.17. The lowest BCUT2D eigenvalue weighted by Gasteiger charge is -2.04. The van der Waals surface area contributed by atoms with Gasteiger partial charge in [-0.05, 0) is 6.07 Å². The minimum atomic E-state index is -0.541. The third kappa shape index (κ3) is 1.75. The first kappa shape index (κ1) is 9.47. The van der Waals surface area contributed by atoms with Crippen molar-refractivity contribution in [3.05, 3.63) is 35.1 Å². The van der Waals surface area contributed by atoms with Crippen LogP contribution in [-0.4, -0.2) is 11.0 Å². The van der Waals surface area contributed by atoms with Crippen LogP contribution in [0.25, 0.3) is 0 Å². The first-order valence-electron chi connectivity index (χ1n) is 3.66. The first-order chi connectivity index (χ1) is 6.20. The molecule has 4 nitrogen and oxygen atoms in total. The molecule has 0 unspecified atom stereocenters. The van der Waals surface area contributed by atoms with E-state index in [-0.39, 0.29) is 17.9 Å².